The maximum absolute atomic E-state index is 12.1. The van der Waals surface area contributed by atoms with E-state index in [1.165, 1.54) is 12.1 Å². The molecule has 2 N–H and O–H groups in total. The van der Waals surface area contributed by atoms with Crippen LogP contribution in [0.5, 0.6) is 0 Å². The molecule has 1 aliphatic rings. The lowest BCUT2D eigenvalue weighted by Crippen LogP contribution is -2.27. The van der Waals surface area contributed by atoms with Crippen molar-refractivity contribution in [3.05, 3.63) is 30.3 Å². The molecule has 1 aliphatic carbocycles. The highest BCUT2D eigenvalue weighted by Gasteiger charge is 2.66. The van der Waals surface area contributed by atoms with Crippen molar-refractivity contribution in [2.45, 2.75) is 16.6 Å². The van der Waals surface area contributed by atoms with Crippen molar-refractivity contribution >= 4 is 15.8 Å². The fourth-order valence-electron chi connectivity index (χ4n) is 1.91. The number of hydrogen-bond acceptors (Lipinski definition) is 4. The maximum atomic E-state index is 12.1. The summed E-state index contributed by atoms with van der Waals surface area (Å²) in [5, 5.41) is 17.0. The number of aliphatic carboxylic acids is 1. The normalized spacial score (nSPS) is 27.7. The summed E-state index contributed by atoms with van der Waals surface area (Å²) in [4.78, 5) is 11.1. The van der Waals surface area contributed by atoms with Gasteiger partial charge in [0.2, 0.25) is 0 Å². The molecule has 2 atom stereocenters. The van der Waals surface area contributed by atoms with E-state index in [9.17, 15) is 13.2 Å². The lowest BCUT2D eigenvalue weighted by molar-refractivity contribution is -0.144. The summed E-state index contributed by atoms with van der Waals surface area (Å²) in [5.41, 5.74) is -1.52. The van der Waals surface area contributed by atoms with Crippen LogP contribution in [0.4, 0.5) is 0 Å². The topological polar surface area (TPSA) is 91.7 Å². The van der Waals surface area contributed by atoms with Gasteiger partial charge in [0, 0.05) is 0 Å². The SMILES string of the molecule is O=C(O)[C@]1(CO)C[C@H]1S(=O)(=O)c1ccccc1. The molecule has 6 heteroatoms. The van der Waals surface area contributed by atoms with Crippen molar-refractivity contribution in [3.8, 4) is 0 Å². The van der Waals surface area contributed by atoms with E-state index >= 15 is 0 Å². The zero-order valence-corrected chi connectivity index (χ0v) is 9.72. The summed E-state index contributed by atoms with van der Waals surface area (Å²) >= 11 is 0. The molecule has 0 bridgehead atoms. The van der Waals surface area contributed by atoms with Gasteiger partial charge < -0.3 is 10.2 Å². The summed E-state index contributed by atoms with van der Waals surface area (Å²) in [6.45, 7) is -0.654. The molecule has 0 radical (unpaired) electrons. The van der Waals surface area contributed by atoms with Gasteiger partial charge in [-0.25, -0.2) is 8.42 Å². The molecule has 0 spiro atoms. The second-order valence-electron chi connectivity index (χ2n) is 4.17. The predicted octanol–water partition coefficient (Wildman–Crippen LogP) is 0.296. The molecule has 1 aromatic rings. The molecule has 0 aromatic heterocycles. The first-order valence-electron chi connectivity index (χ1n) is 5.08. The lowest BCUT2D eigenvalue weighted by Gasteiger charge is -2.09. The lowest BCUT2D eigenvalue weighted by atomic mass is 10.1. The third-order valence-corrected chi connectivity index (χ3v) is 5.46. The molecule has 0 saturated heterocycles. The number of aliphatic hydroxyl groups excluding tert-OH is 1. The third kappa shape index (κ3) is 1.73. The van der Waals surface area contributed by atoms with Gasteiger partial charge in [-0.05, 0) is 18.6 Å². The molecule has 5 nitrogen and oxygen atoms in total. The summed E-state index contributed by atoms with van der Waals surface area (Å²) < 4.78 is 24.2. The monoisotopic (exact) mass is 256 g/mol. The van der Waals surface area contributed by atoms with Gasteiger partial charge in [-0.2, -0.15) is 0 Å². The van der Waals surface area contributed by atoms with Crippen molar-refractivity contribution in [2.24, 2.45) is 5.41 Å². The fraction of sp³-hybridized carbons (Fsp3) is 0.364. The van der Waals surface area contributed by atoms with Crippen molar-refractivity contribution in [2.75, 3.05) is 6.61 Å². The van der Waals surface area contributed by atoms with E-state index in [0.29, 0.717) is 0 Å². The van der Waals surface area contributed by atoms with Crippen LogP contribution in [0.2, 0.25) is 0 Å². The van der Waals surface area contributed by atoms with Crippen LogP contribution in [0.25, 0.3) is 0 Å². The van der Waals surface area contributed by atoms with E-state index in [2.05, 4.69) is 0 Å². The Morgan fingerprint density at radius 2 is 1.94 bits per heavy atom. The summed E-state index contributed by atoms with van der Waals surface area (Å²) in [7, 11) is -3.67. The van der Waals surface area contributed by atoms with E-state index in [0.717, 1.165) is 0 Å². The molecule has 1 saturated carbocycles. The van der Waals surface area contributed by atoms with E-state index in [-0.39, 0.29) is 11.3 Å². The van der Waals surface area contributed by atoms with Crippen LogP contribution in [0.15, 0.2) is 35.2 Å². The third-order valence-electron chi connectivity index (χ3n) is 3.16. The van der Waals surface area contributed by atoms with Gasteiger partial charge in [-0.15, -0.1) is 0 Å². The highest BCUT2D eigenvalue weighted by molar-refractivity contribution is 7.92. The Bertz CT molecular complexity index is 536. The molecular formula is C11H12O5S. The standard InChI is InChI=1S/C11H12O5S/c12-7-11(10(13)14)6-9(11)17(15,16)8-4-2-1-3-5-8/h1-5,9,12H,6-7H2,(H,13,14)/t9-,11+/m1/s1. The van der Waals surface area contributed by atoms with Gasteiger partial charge in [0.05, 0.1) is 16.8 Å². The highest BCUT2D eigenvalue weighted by atomic mass is 32.2. The van der Waals surface area contributed by atoms with E-state index < -0.39 is 33.1 Å². The van der Waals surface area contributed by atoms with Crippen LogP contribution in [-0.2, 0) is 14.6 Å². The van der Waals surface area contributed by atoms with Crippen LogP contribution >= 0.6 is 0 Å². The largest absolute Gasteiger partial charge is 0.481 e. The molecule has 0 amide bonds. The Morgan fingerprint density at radius 3 is 2.35 bits per heavy atom. The molecule has 2 rings (SSSR count). The summed E-state index contributed by atoms with van der Waals surface area (Å²) in [6, 6.07) is 7.70. The van der Waals surface area contributed by atoms with Gasteiger partial charge in [-0.3, -0.25) is 4.79 Å². The molecule has 0 heterocycles. The van der Waals surface area contributed by atoms with Gasteiger partial charge in [-0.1, -0.05) is 18.2 Å². The second kappa shape index (κ2) is 3.82. The maximum Gasteiger partial charge on any atom is 0.313 e. The number of aliphatic hydroxyl groups is 1. The zero-order chi connectivity index (χ0) is 12.7. The quantitative estimate of drug-likeness (QED) is 0.808. The van der Waals surface area contributed by atoms with E-state index in [1.807, 2.05) is 0 Å². The van der Waals surface area contributed by atoms with Gasteiger partial charge >= 0.3 is 5.97 Å². The molecule has 17 heavy (non-hydrogen) atoms. The van der Waals surface area contributed by atoms with Crippen LogP contribution < -0.4 is 0 Å². The van der Waals surface area contributed by atoms with Gasteiger partial charge in [0.15, 0.2) is 9.84 Å². The number of hydrogen-bond donors (Lipinski definition) is 2. The molecule has 92 valence electrons. The zero-order valence-electron chi connectivity index (χ0n) is 8.91. The minimum absolute atomic E-state index is 0.0317. The first-order valence-corrected chi connectivity index (χ1v) is 6.63. The molecule has 0 aliphatic heterocycles. The van der Waals surface area contributed by atoms with Gasteiger partial charge in [0.1, 0.15) is 5.41 Å². The fourth-order valence-corrected chi connectivity index (χ4v) is 4.06. The minimum Gasteiger partial charge on any atom is -0.481 e. The Labute approximate surface area is 98.6 Å². The molecule has 1 aromatic carbocycles. The average molecular weight is 256 g/mol. The number of sulfone groups is 1. The van der Waals surface area contributed by atoms with Crippen molar-refractivity contribution in [3.63, 3.8) is 0 Å². The second-order valence-corrected chi connectivity index (χ2v) is 6.30. The average Bonchev–Trinajstić information content (AvgIpc) is 3.07. The van der Waals surface area contributed by atoms with E-state index in [4.69, 9.17) is 10.2 Å². The Balaban J connectivity index is 2.36. The molecule has 1 fully saturated rings. The van der Waals surface area contributed by atoms with Crippen molar-refractivity contribution < 1.29 is 23.4 Å². The highest BCUT2D eigenvalue weighted by Crippen LogP contribution is 2.52. The predicted molar refractivity (Wildman–Crippen MR) is 59.2 cm³/mol. The molecule has 0 unspecified atom stereocenters. The Kier molecular flexibility index (Phi) is 2.71. The van der Waals surface area contributed by atoms with Crippen LogP contribution in [0.1, 0.15) is 6.42 Å². The van der Waals surface area contributed by atoms with Crippen LogP contribution in [-0.4, -0.2) is 36.5 Å². The Morgan fingerprint density at radius 1 is 1.35 bits per heavy atom. The Hall–Kier alpha value is -1.40. The van der Waals surface area contributed by atoms with E-state index in [1.54, 1.807) is 18.2 Å². The summed E-state index contributed by atoms with van der Waals surface area (Å²) in [5.74, 6) is -1.26. The smallest absolute Gasteiger partial charge is 0.313 e. The summed E-state index contributed by atoms with van der Waals surface area (Å²) in [6.07, 6.45) is -0.0317. The number of carboxylic acid groups (broad SMARTS) is 1. The molecular weight excluding hydrogens is 244 g/mol. The van der Waals surface area contributed by atoms with Crippen molar-refractivity contribution in [1.29, 1.82) is 0 Å². The number of rotatable bonds is 4. The number of benzene rings is 1. The van der Waals surface area contributed by atoms with Gasteiger partial charge in [0.25, 0.3) is 0 Å². The van der Waals surface area contributed by atoms with Crippen LogP contribution in [0, 0.1) is 5.41 Å². The van der Waals surface area contributed by atoms with Crippen LogP contribution in [0.3, 0.4) is 0 Å². The first-order chi connectivity index (χ1) is 7.95. The first kappa shape index (κ1) is 12.1. The number of carboxylic acids is 1. The van der Waals surface area contributed by atoms with Crippen molar-refractivity contribution in [1.82, 2.24) is 0 Å². The minimum atomic E-state index is -3.67. The number of carbonyl (C=O) groups is 1.